The molecular weight excluding hydrogens is 288 g/mol. The second-order valence-electron chi connectivity index (χ2n) is 4.55. The van der Waals surface area contributed by atoms with Gasteiger partial charge in [0, 0.05) is 19.2 Å². The predicted octanol–water partition coefficient (Wildman–Crippen LogP) is 2.69. The third kappa shape index (κ3) is 3.92. The Balaban J connectivity index is 2.03. The molecule has 110 valence electrons. The number of likely N-dealkylation sites (N-methyl/N-ethyl adjacent to an activating group) is 1. The van der Waals surface area contributed by atoms with E-state index in [2.05, 4.69) is 15.5 Å². The molecule has 0 atom stereocenters. The van der Waals surface area contributed by atoms with E-state index in [9.17, 15) is 4.79 Å². The fourth-order valence-corrected chi connectivity index (χ4v) is 1.95. The second kappa shape index (κ2) is 7.04. The lowest BCUT2D eigenvalue weighted by molar-refractivity contribution is -0.127. The monoisotopic (exact) mass is 304 g/mol. The van der Waals surface area contributed by atoms with Crippen LogP contribution in [-0.4, -0.2) is 41.1 Å². The van der Waals surface area contributed by atoms with E-state index in [1.54, 1.807) is 18.0 Å². The van der Waals surface area contributed by atoms with Crippen LogP contribution in [0.3, 0.4) is 0 Å². The number of benzene rings is 1. The normalized spacial score (nSPS) is 10.2. The van der Waals surface area contributed by atoms with Gasteiger partial charge in [-0.1, -0.05) is 29.8 Å². The first kappa shape index (κ1) is 15.3. The van der Waals surface area contributed by atoms with Gasteiger partial charge in [0.2, 0.25) is 5.91 Å². The summed E-state index contributed by atoms with van der Waals surface area (Å²) in [7, 11) is 1.76. The molecule has 0 spiro atoms. The Hall–Kier alpha value is -2.14. The quantitative estimate of drug-likeness (QED) is 0.922. The molecule has 1 heterocycles. The minimum absolute atomic E-state index is 0.00878. The van der Waals surface area contributed by atoms with Crippen LogP contribution in [0.2, 0.25) is 5.02 Å². The summed E-state index contributed by atoms with van der Waals surface area (Å²) >= 11 is 6.12. The Bertz CT molecular complexity index is 615. The lowest BCUT2D eigenvalue weighted by Gasteiger charge is -2.14. The van der Waals surface area contributed by atoms with Crippen molar-refractivity contribution in [1.82, 2.24) is 15.1 Å². The Kier molecular flexibility index (Phi) is 5.11. The maximum absolute atomic E-state index is 11.7. The van der Waals surface area contributed by atoms with Crippen LogP contribution in [0.4, 0.5) is 5.82 Å². The molecule has 1 N–H and O–H groups in total. The first-order chi connectivity index (χ1) is 10.1. The minimum Gasteiger partial charge on any atom is -0.360 e. The van der Waals surface area contributed by atoms with Crippen molar-refractivity contribution < 1.29 is 4.79 Å². The van der Waals surface area contributed by atoms with Gasteiger partial charge in [-0.3, -0.25) is 4.79 Å². The smallest absolute Gasteiger partial charge is 0.241 e. The van der Waals surface area contributed by atoms with Crippen molar-refractivity contribution >= 4 is 23.3 Å². The first-order valence-corrected chi connectivity index (χ1v) is 7.06. The number of nitrogens with one attached hydrogen (secondary N) is 1. The molecule has 0 unspecified atom stereocenters. The van der Waals surface area contributed by atoms with Gasteiger partial charge in [0.15, 0.2) is 0 Å². The van der Waals surface area contributed by atoms with Gasteiger partial charge >= 0.3 is 0 Å². The van der Waals surface area contributed by atoms with Crippen LogP contribution >= 0.6 is 11.6 Å². The van der Waals surface area contributed by atoms with Gasteiger partial charge in [-0.2, -0.15) is 0 Å². The molecule has 5 nitrogen and oxygen atoms in total. The number of anilines is 1. The number of carbonyl (C=O) groups excluding carboxylic acids is 1. The molecule has 6 heteroatoms. The van der Waals surface area contributed by atoms with E-state index in [1.165, 1.54) is 0 Å². The molecule has 0 aliphatic rings. The van der Waals surface area contributed by atoms with Gasteiger partial charge in [-0.15, -0.1) is 10.2 Å². The molecule has 1 aromatic carbocycles. The number of nitrogens with zero attached hydrogens (tertiary/aromatic N) is 3. The molecule has 0 bridgehead atoms. The molecular formula is C15H17ClN4O. The van der Waals surface area contributed by atoms with Crippen LogP contribution in [-0.2, 0) is 4.79 Å². The highest BCUT2D eigenvalue weighted by molar-refractivity contribution is 6.33. The minimum atomic E-state index is 0.00878. The average molecular weight is 305 g/mol. The van der Waals surface area contributed by atoms with E-state index in [1.807, 2.05) is 37.3 Å². The number of rotatable bonds is 5. The predicted molar refractivity (Wildman–Crippen MR) is 84.3 cm³/mol. The molecule has 1 aromatic heterocycles. The van der Waals surface area contributed by atoms with Crippen molar-refractivity contribution in [3.8, 4) is 11.3 Å². The second-order valence-corrected chi connectivity index (χ2v) is 4.95. The number of amides is 1. The third-order valence-electron chi connectivity index (χ3n) is 3.14. The van der Waals surface area contributed by atoms with Crippen LogP contribution in [0, 0.1) is 0 Å². The Labute approximate surface area is 128 Å². The summed E-state index contributed by atoms with van der Waals surface area (Å²) in [6.07, 6.45) is 0. The molecule has 1 amide bonds. The van der Waals surface area contributed by atoms with E-state index in [0.717, 1.165) is 5.56 Å². The number of aromatic nitrogens is 2. The van der Waals surface area contributed by atoms with Crippen molar-refractivity contribution in [3.05, 3.63) is 41.4 Å². The highest BCUT2D eigenvalue weighted by atomic mass is 35.5. The van der Waals surface area contributed by atoms with Gasteiger partial charge in [0.1, 0.15) is 5.82 Å². The molecule has 0 fully saturated rings. The zero-order chi connectivity index (χ0) is 15.2. The van der Waals surface area contributed by atoms with Crippen molar-refractivity contribution in [3.63, 3.8) is 0 Å². The van der Waals surface area contributed by atoms with Crippen molar-refractivity contribution in [2.45, 2.75) is 6.92 Å². The lowest BCUT2D eigenvalue weighted by Crippen LogP contribution is -2.32. The molecule has 0 aliphatic carbocycles. The van der Waals surface area contributed by atoms with E-state index < -0.39 is 0 Å². The van der Waals surface area contributed by atoms with Crippen LogP contribution in [0.5, 0.6) is 0 Å². The largest absolute Gasteiger partial charge is 0.360 e. The SMILES string of the molecule is CCN(C)C(=O)CNc1ccc(-c2ccccc2Cl)nn1. The number of hydrogen-bond acceptors (Lipinski definition) is 4. The highest BCUT2D eigenvalue weighted by Gasteiger charge is 2.08. The fourth-order valence-electron chi connectivity index (χ4n) is 1.72. The molecule has 2 rings (SSSR count). The number of halogens is 1. The van der Waals surface area contributed by atoms with Crippen molar-refractivity contribution in [2.75, 3.05) is 25.5 Å². The number of hydrogen-bond donors (Lipinski definition) is 1. The molecule has 0 saturated heterocycles. The molecule has 2 aromatic rings. The van der Waals surface area contributed by atoms with Gasteiger partial charge in [0.05, 0.1) is 17.3 Å². The van der Waals surface area contributed by atoms with E-state index in [0.29, 0.717) is 23.1 Å². The Morgan fingerprint density at radius 3 is 2.62 bits per heavy atom. The molecule has 0 radical (unpaired) electrons. The van der Waals surface area contributed by atoms with Crippen LogP contribution in [0.15, 0.2) is 36.4 Å². The Morgan fingerprint density at radius 1 is 1.24 bits per heavy atom. The van der Waals surface area contributed by atoms with E-state index in [4.69, 9.17) is 11.6 Å². The zero-order valence-corrected chi connectivity index (χ0v) is 12.8. The van der Waals surface area contributed by atoms with Crippen LogP contribution in [0.25, 0.3) is 11.3 Å². The maximum Gasteiger partial charge on any atom is 0.241 e. The average Bonchev–Trinajstić information content (AvgIpc) is 2.53. The number of carbonyl (C=O) groups is 1. The molecule has 0 saturated carbocycles. The third-order valence-corrected chi connectivity index (χ3v) is 3.46. The van der Waals surface area contributed by atoms with Crippen molar-refractivity contribution in [2.24, 2.45) is 0 Å². The summed E-state index contributed by atoms with van der Waals surface area (Å²) < 4.78 is 0. The van der Waals surface area contributed by atoms with Gasteiger partial charge < -0.3 is 10.2 Å². The topological polar surface area (TPSA) is 58.1 Å². The summed E-state index contributed by atoms with van der Waals surface area (Å²) in [5, 5.41) is 11.8. The molecule has 0 aliphatic heterocycles. The van der Waals surface area contributed by atoms with Gasteiger partial charge in [-0.05, 0) is 25.1 Å². The van der Waals surface area contributed by atoms with Gasteiger partial charge in [0.25, 0.3) is 0 Å². The standard InChI is InChI=1S/C15H17ClN4O/c1-3-20(2)15(21)10-17-14-9-8-13(18-19-14)11-6-4-5-7-12(11)16/h4-9H,3,10H2,1-2H3,(H,17,19). The summed E-state index contributed by atoms with van der Waals surface area (Å²) in [6.45, 7) is 2.80. The fraction of sp³-hybridized carbons (Fsp3) is 0.267. The van der Waals surface area contributed by atoms with Crippen molar-refractivity contribution in [1.29, 1.82) is 0 Å². The lowest BCUT2D eigenvalue weighted by atomic mass is 10.1. The first-order valence-electron chi connectivity index (χ1n) is 6.68. The van der Waals surface area contributed by atoms with Crippen LogP contribution in [0.1, 0.15) is 6.92 Å². The zero-order valence-electron chi connectivity index (χ0n) is 12.0. The summed E-state index contributed by atoms with van der Waals surface area (Å²) in [4.78, 5) is 13.3. The molecule has 21 heavy (non-hydrogen) atoms. The summed E-state index contributed by atoms with van der Waals surface area (Å²) in [6, 6.07) is 11.1. The summed E-state index contributed by atoms with van der Waals surface area (Å²) in [5.74, 6) is 0.568. The highest BCUT2D eigenvalue weighted by Crippen LogP contribution is 2.25. The van der Waals surface area contributed by atoms with Gasteiger partial charge in [-0.25, -0.2) is 0 Å². The van der Waals surface area contributed by atoms with Crippen LogP contribution < -0.4 is 5.32 Å². The summed E-state index contributed by atoms with van der Waals surface area (Å²) in [5.41, 5.74) is 1.53. The van der Waals surface area contributed by atoms with E-state index >= 15 is 0 Å². The van der Waals surface area contributed by atoms with E-state index in [-0.39, 0.29) is 12.5 Å². The Morgan fingerprint density at radius 2 is 2.00 bits per heavy atom. The maximum atomic E-state index is 11.7.